The number of pyridine rings is 1. The van der Waals surface area contributed by atoms with Gasteiger partial charge in [0.1, 0.15) is 6.10 Å². The Kier molecular flexibility index (Phi) is 5.17. The first-order valence-electron chi connectivity index (χ1n) is 7.14. The van der Waals surface area contributed by atoms with E-state index in [1.165, 1.54) is 0 Å². The van der Waals surface area contributed by atoms with Crippen LogP contribution in [-0.2, 0) is 0 Å². The maximum atomic E-state index is 10.5. The van der Waals surface area contributed by atoms with Gasteiger partial charge in [-0.05, 0) is 44.0 Å². The molecule has 112 valence electrons. The molecule has 1 N–H and O–H groups in total. The molecule has 2 aromatic rings. The van der Waals surface area contributed by atoms with Gasteiger partial charge in [-0.3, -0.25) is 4.98 Å². The molecule has 4 heteroatoms. The zero-order valence-corrected chi connectivity index (χ0v) is 12.7. The van der Waals surface area contributed by atoms with Crippen molar-refractivity contribution in [2.24, 2.45) is 0 Å². The van der Waals surface area contributed by atoms with Crippen LogP contribution in [0.3, 0.4) is 0 Å². The largest absolute Gasteiger partial charge is 0.490 e. The summed E-state index contributed by atoms with van der Waals surface area (Å²) in [6.07, 6.45) is 2.71. The molecule has 0 bridgehead atoms. The van der Waals surface area contributed by atoms with Crippen LogP contribution < -0.4 is 9.47 Å². The molecule has 0 aliphatic carbocycles. The fraction of sp³-hybridized carbons (Fsp3) is 0.353. The number of hydrogen-bond donors (Lipinski definition) is 1. The van der Waals surface area contributed by atoms with E-state index in [1.807, 2.05) is 45.0 Å². The lowest BCUT2D eigenvalue weighted by atomic mass is 10.0. The van der Waals surface area contributed by atoms with Crippen LogP contribution in [0.15, 0.2) is 36.7 Å². The minimum atomic E-state index is -0.729. The average molecular weight is 287 g/mol. The zero-order chi connectivity index (χ0) is 15.2. The molecule has 2 rings (SSSR count). The van der Waals surface area contributed by atoms with E-state index in [0.717, 1.165) is 16.7 Å². The van der Waals surface area contributed by atoms with Crippen molar-refractivity contribution in [3.8, 4) is 11.5 Å². The van der Waals surface area contributed by atoms with Crippen LogP contribution in [0.1, 0.15) is 36.6 Å². The monoisotopic (exact) mass is 287 g/mol. The van der Waals surface area contributed by atoms with Gasteiger partial charge in [-0.25, -0.2) is 0 Å². The first-order chi connectivity index (χ1) is 10.2. The second-order valence-electron chi connectivity index (χ2n) is 4.77. The summed E-state index contributed by atoms with van der Waals surface area (Å²) in [6.45, 7) is 6.92. The van der Waals surface area contributed by atoms with Crippen LogP contribution in [0.5, 0.6) is 11.5 Å². The molecule has 1 aromatic heterocycles. The van der Waals surface area contributed by atoms with E-state index >= 15 is 0 Å². The van der Waals surface area contributed by atoms with Gasteiger partial charge in [-0.1, -0.05) is 12.1 Å². The molecule has 1 atom stereocenters. The third kappa shape index (κ3) is 3.73. The van der Waals surface area contributed by atoms with E-state index in [4.69, 9.17) is 9.47 Å². The SMILES string of the molecule is CCOc1ccc(C(O)c2cncc(C)c2)cc1OCC. The predicted octanol–water partition coefficient (Wildman–Crippen LogP) is 3.27. The fourth-order valence-corrected chi connectivity index (χ4v) is 2.16. The number of aliphatic hydroxyl groups is 1. The molecule has 4 nitrogen and oxygen atoms in total. The summed E-state index contributed by atoms with van der Waals surface area (Å²) in [7, 11) is 0. The van der Waals surface area contributed by atoms with Crippen molar-refractivity contribution in [2.45, 2.75) is 26.9 Å². The molecule has 21 heavy (non-hydrogen) atoms. The van der Waals surface area contributed by atoms with E-state index in [1.54, 1.807) is 12.4 Å². The van der Waals surface area contributed by atoms with Crippen molar-refractivity contribution < 1.29 is 14.6 Å². The highest BCUT2D eigenvalue weighted by Crippen LogP contribution is 2.32. The quantitative estimate of drug-likeness (QED) is 0.886. The van der Waals surface area contributed by atoms with Crippen LogP contribution in [0.2, 0.25) is 0 Å². The number of aromatic nitrogens is 1. The molecule has 0 amide bonds. The van der Waals surface area contributed by atoms with Gasteiger partial charge >= 0.3 is 0 Å². The van der Waals surface area contributed by atoms with Crippen molar-refractivity contribution in [1.82, 2.24) is 4.98 Å². The number of hydrogen-bond acceptors (Lipinski definition) is 4. The normalized spacial score (nSPS) is 12.0. The Morgan fingerprint density at radius 1 is 1.00 bits per heavy atom. The molecule has 1 heterocycles. The van der Waals surface area contributed by atoms with Gasteiger partial charge in [-0.15, -0.1) is 0 Å². The van der Waals surface area contributed by atoms with E-state index in [0.29, 0.717) is 24.7 Å². The lowest BCUT2D eigenvalue weighted by molar-refractivity contribution is 0.218. The minimum absolute atomic E-state index is 0.547. The summed E-state index contributed by atoms with van der Waals surface area (Å²) in [5.41, 5.74) is 2.54. The number of nitrogens with zero attached hydrogens (tertiary/aromatic N) is 1. The molecule has 1 aromatic carbocycles. The number of benzene rings is 1. The number of aryl methyl sites for hydroxylation is 1. The number of aliphatic hydroxyl groups excluding tert-OH is 1. The smallest absolute Gasteiger partial charge is 0.161 e. The van der Waals surface area contributed by atoms with Crippen molar-refractivity contribution in [2.75, 3.05) is 13.2 Å². The Balaban J connectivity index is 2.32. The first-order valence-corrected chi connectivity index (χ1v) is 7.14. The molecule has 0 spiro atoms. The third-order valence-corrected chi connectivity index (χ3v) is 3.10. The molecule has 0 radical (unpaired) electrons. The lowest BCUT2D eigenvalue weighted by Crippen LogP contribution is -2.03. The van der Waals surface area contributed by atoms with Crippen molar-refractivity contribution in [3.63, 3.8) is 0 Å². The molecule has 0 aliphatic heterocycles. The Morgan fingerprint density at radius 2 is 1.71 bits per heavy atom. The topological polar surface area (TPSA) is 51.6 Å². The third-order valence-electron chi connectivity index (χ3n) is 3.10. The van der Waals surface area contributed by atoms with Crippen molar-refractivity contribution >= 4 is 0 Å². The van der Waals surface area contributed by atoms with Crippen LogP contribution in [0.25, 0.3) is 0 Å². The maximum Gasteiger partial charge on any atom is 0.161 e. The van der Waals surface area contributed by atoms with Crippen molar-refractivity contribution in [1.29, 1.82) is 0 Å². The highest BCUT2D eigenvalue weighted by molar-refractivity contribution is 5.45. The molecule has 0 saturated carbocycles. The Labute approximate surface area is 125 Å². The second-order valence-corrected chi connectivity index (χ2v) is 4.77. The van der Waals surface area contributed by atoms with Gasteiger partial charge in [0, 0.05) is 18.0 Å². The van der Waals surface area contributed by atoms with Crippen LogP contribution in [0, 0.1) is 6.92 Å². The summed E-state index contributed by atoms with van der Waals surface area (Å²) < 4.78 is 11.1. The van der Waals surface area contributed by atoms with Crippen molar-refractivity contribution in [3.05, 3.63) is 53.3 Å². The molecule has 0 fully saturated rings. The van der Waals surface area contributed by atoms with Gasteiger partial charge in [0.25, 0.3) is 0 Å². The van der Waals surface area contributed by atoms with Crippen LogP contribution >= 0.6 is 0 Å². The number of rotatable bonds is 6. The Morgan fingerprint density at radius 3 is 2.38 bits per heavy atom. The van der Waals surface area contributed by atoms with E-state index < -0.39 is 6.10 Å². The zero-order valence-electron chi connectivity index (χ0n) is 12.7. The molecule has 0 saturated heterocycles. The standard InChI is InChI=1S/C17H21NO3/c1-4-20-15-7-6-13(9-16(15)21-5-2)17(19)14-8-12(3)10-18-11-14/h6-11,17,19H,4-5H2,1-3H3. The molecular weight excluding hydrogens is 266 g/mol. The Bertz CT molecular complexity index is 598. The van der Waals surface area contributed by atoms with Gasteiger partial charge in [0.05, 0.1) is 13.2 Å². The van der Waals surface area contributed by atoms with E-state index in [-0.39, 0.29) is 0 Å². The molecule has 1 unspecified atom stereocenters. The predicted molar refractivity (Wildman–Crippen MR) is 81.8 cm³/mol. The van der Waals surface area contributed by atoms with Crippen LogP contribution in [-0.4, -0.2) is 23.3 Å². The average Bonchev–Trinajstić information content (AvgIpc) is 2.49. The van der Waals surface area contributed by atoms with Gasteiger partial charge in [0.15, 0.2) is 11.5 Å². The highest BCUT2D eigenvalue weighted by atomic mass is 16.5. The number of ether oxygens (including phenoxy) is 2. The summed E-state index contributed by atoms with van der Waals surface area (Å²) in [6, 6.07) is 7.42. The molecule has 0 aliphatic rings. The first kappa shape index (κ1) is 15.3. The lowest BCUT2D eigenvalue weighted by Gasteiger charge is -2.16. The highest BCUT2D eigenvalue weighted by Gasteiger charge is 2.14. The summed E-state index contributed by atoms with van der Waals surface area (Å²) in [4.78, 5) is 4.12. The minimum Gasteiger partial charge on any atom is -0.490 e. The van der Waals surface area contributed by atoms with Crippen LogP contribution in [0.4, 0.5) is 0 Å². The summed E-state index contributed by atoms with van der Waals surface area (Å²) >= 11 is 0. The van der Waals surface area contributed by atoms with Gasteiger partial charge < -0.3 is 14.6 Å². The maximum absolute atomic E-state index is 10.5. The Hall–Kier alpha value is -2.07. The molecular formula is C17H21NO3. The summed E-state index contributed by atoms with van der Waals surface area (Å²) in [5.74, 6) is 1.34. The second kappa shape index (κ2) is 7.09. The fourth-order valence-electron chi connectivity index (χ4n) is 2.16. The van der Waals surface area contributed by atoms with Gasteiger partial charge in [0.2, 0.25) is 0 Å². The summed E-state index contributed by atoms with van der Waals surface area (Å²) in [5, 5.41) is 10.5. The van der Waals surface area contributed by atoms with E-state index in [2.05, 4.69) is 4.98 Å². The van der Waals surface area contributed by atoms with Gasteiger partial charge in [-0.2, -0.15) is 0 Å². The van der Waals surface area contributed by atoms with E-state index in [9.17, 15) is 5.11 Å².